The zero-order valence-electron chi connectivity index (χ0n) is 12.2. The third-order valence-electron chi connectivity index (χ3n) is 3.62. The second kappa shape index (κ2) is 7.75. The lowest BCUT2D eigenvalue weighted by Gasteiger charge is -2.35. The van der Waals surface area contributed by atoms with E-state index in [1.54, 1.807) is 6.92 Å². The predicted molar refractivity (Wildman–Crippen MR) is 83.2 cm³/mol. The molecule has 21 heavy (non-hydrogen) atoms. The maximum Gasteiger partial charge on any atom is 0.236 e. The largest absolute Gasteiger partial charge is 0.379 e. The lowest BCUT2D eigenvalue weighted by atomic mass is 10.0. The van der Waals surface area contributed by atoms with E-state index in [9.17, 15) is 4.79 Å². The summed E-state index contributed by atoms with van der Waals surface area (Å²) < 4.78 is 5.40. The Hall–Kier alpha value is -1.14. The van der Waals surface area contributed by atoms with Crippen LogP contribution in [0.5, 0.6) is 0 Å². The number of hydrogen-bond acceptors (Lipinski definition) is 4. The minimum atomic E-state index is -0.499. The van der Waals surface area contributed by atoms with E-state index in [2.05, 4.69) is 10.2 Å². The topological polar surface area (TPSA) is 67.6 Å². The Morgan fingerprint density at radius 2 is 2.00 bits per heavy atom. The van der Waals surface area contributed by atoms with Gasteiger partial charge in [-0.05, 0) is 24.6 Å². The van der Waals surface area contributed by atoms with E-state index >= 15 is 0 Å². The fourth-order valence-corrected chi connectivity index (χ4v) is 2.52. The van der Waals surface area contributed by atoms with Crippen LogP contribution in [-0.4, -0.2) is 49.7 Å². The summed E-state index contributed by atoms with van der Waals surface area (Å²) in [5.74, 6) is -0.137. The van der Waals surface area contributed by atoms with E-state index in [0.29, 0.717) is 24.8 Å². The number of nitrogens with two attached hydrogens (primary N) is 1. The molecule has 0 aliphatic carbocycles. The Morgan fingerprint density at radius 1 is 1.38 bits per heavy atom. The van der Waals surface area contributed by atoms with Crippen LogP contribution in [0.4, 0.5) is 0 Å². The number of ether oxygens (including phenoxy) is 1. The summed E-state index contributed by atoms with van der Waals surface area (Å²) in [5, 5.41) is 3.62. The Morgan fingerprint density at radius 3 is 2.57 bits per heavy atom. The maximum absolute atomic E-state index is 11.7. The summed E-state index contributed by atoms with van der Waals surface area (Å²) in [6, 6.07) is 7.35. The summed E-state index contributed by atoms with van der Waals surface area (Å²) in [7, 11) is 0. The quantitative estimate of drug-likeness (QED) is 0.857. The van der Waals surface area contributed by atoms with Crippen molar-refractivity contribution in [1.29, 1.82) is 0 Å². The Kier molecular flexibility index (Phi) is 5.99. The van der Waals surface area contributed by atoms with Crippen molar-refractivity contribution >= 4 is 17.5 Å². The summed E-state index contributed by atoms with van der Waals surface area (Å²) >= 11 is 5.95. The van der Waals surface area contributed by atoms with Crippen molar-refractivity contribution in [2.24, 2.45) is 5.73 Å². The first-order valence-corrected chi connectivity index (χ1v) is 7.56. The van der Waals surface area contributed by atoms with E-state index < -0.39 is 6.04 Å². The number of benzene rings is 1. The smallest absolute Gasteiger partial charge is 0.236 e. The van der Waals surface area contributed by atoms with Gasteiger partial charge >= 0.3 is 0 Å². The van der Waals surface area contributed by atoms with Gasteiger partial charge in [-0.2, -0.15) is 0 Å². The molecular formula is C15H22ClN3O2. The molecule has 0 aromatic heterocycles. The number of carbonyl (C=O) groups is 1. The Bertz CT molecular complexity index is 458. The number of rotatable bonds is 5. The van der Waals surface area contributed by atoms with Crippen LogP contribution in [-0.2, 0) is 9.53 Å². The van der Waals surface area contributed by atoms with Gasteiger partial charge in [0.15, 0.2) is 0 Å². The number of carbonyl (C=O) groups excluding carboxylic acids is 1. The van der Waals surface area contributed by atoms with Crippen molar-refractivity contribution in [3.8, 4) is 0 Å². The van der Waals surface area contributed by atoms with Crippen molar-refractivity contribution < 1.29 is 9.53 Å². The molecule has 1 saturated heterocycles. The molecule has 1 aliphatic rings. The van der Waals surface area contributed by atoms with Gasteiger partial charge < -0.3 is 15.8 Å². The van der Waals surface area contributed by atoms with E-state index in [-0.39, 0.29) is 11.9 Å². The maximum atomic E-state index is 11.7. The van der Waals surface area contributed by atoms with Gasteiger partial charge in [0.2, 0.25) is 5.91 Å². The van der Waals surface area contributed by atoms with E-state index in [1.165, 1.54) is 0 Å². The van der Waals surface area contributed by atoms with Crippen LogP contribution >= 0.6 is 11.6 Å². The van der Waals surface area contributed by atoms with Gasteiger partial charge in [0.1, 0.15) is 0 Å². The molecule has 1 amide bonds. The standard InChI is InChI=1S/C15H22ClN3O2/c1-11(17)15(20)18-10-14(19-6-8-21-9-7-19)12-2-4-13(16)5-3-12/h2-5,11,14H,6-10,17H2,1H3,(H,18,20). The molecule has 1 aliphatic heterocycles. The highest BCUT2D eigenvalue weighted by molar-refractivity contribution is 6.30. The first-order valence-electron chi connectivity index (χ1n) is 7.18. The summed E-state index contributed by atoms with van der Waals surface area (Å²) in [5.41, 5.74) is 6.73. The van der Waals surface area contributed by atoms with Crippen molar-refractivity contribution in [3.63, 3.8) is 0 Å². The molecular weight excluding hydrogens is 290 g/mol. The first kappa shape index (κ1) is 16.2. The summed E-state index contributed by atoms with van der Waals surface area (Å²) in [4.78, 5) is 14.0. The molecule has 5 nitrogen and oxygen atoms in total. The highest BCUT2D eigenvalue weighted by atomic mass is 35.5. The zero-order chi connectivity index (χ0) is 15.2. The number of morpholine rings is 1. The minimum absolute atomic E-state index is 0.105. The third kappa shape index (κ3) is 4.68. The van der Waals surface area contributed by atoms with Crippen LogP contribution in [0.1, 0.15) is 18.5 Å². The van der Waals surface area contributed by atoms with E-state index in [4.69, 9.17) is 22.1 Å². The van der Waals surface area contributed by atoms with Crippen molar-refractivity contribution in [2.45, 2.75) is 19.0 Å². The average molecular weight is 312 g/mol. The number of hydrogen-bond donors (Lipinski definition) is 2. The van der Waals surface area contributed by atoms with E-state index in [0.717, 1.165) is 18.7 Å². The Labute approximate surface area is 130 Å². The third-order valence-corrected chi connectivity index (χ3v) is 3.88. The molecule has 2 atom stereocenters. The SMILES string of the molecule is CC(N)C(=O)NCC(c1ccc(Cl)cc1)N1CCOCC1. The molecule has 0 radical (unpaired) electrons. The second-order valence-electron chi connectivity index (χ2n) is 5.25. The predicted octanol–water partition coefficient (Wildman–Crippen LogP) is 1.18. The molecule has 6 heteroatoms. The highest BCUT2D eigenvalue weighted by Gasteiger charge is 2.23. The Balaban J connectivity index is 2.09. The van der Waals surface area contributed by atoms with Gasteiger partial charge in [0.25, 0.3) is 0 Å². The molecule has 1 fully saturated rings. The number of nitrogens with one attached hydrogen (secondary N) is 1. The molecule has 0 spiro atoms. The van der Waals surface area contributed by atoms with Gasteiger partial charge in [-0.25, -0.2) is 0 Å². The van der Waals surface area contributed by atoms with Crippen LogP contribution in [0.3, 0.4) is 0 Å². The number of halogens is 1. The van der Waals surface area contributed by atoms with Crippen molar-refractivity contribution in [3.05, 3.63) is 34.9 Å². The van der Waals surface area contributed by atoms with Crippen molar-refractivity contribution in [1.82, 2.24) is 10.2 Å². The second-order valence-corrected chi connectivity index (χ2v) is 5.69. The van der Waals surface area contributed by atoms with Crippen LogP contribution in [0.15, 0.2) is 24.3 Å². The van der Waals surface area contributed by atoms with E-state index in [1.807, 2.05) is 24.3 Å². The molecule has 3 N–H and O–H groups in total. The minimum Gasteiger partial charge on any atom is -0.379 e. The average Bonchev–Trinajstić information content (AvgIpc) is 2.50. The highest BCUT2D eigenvalue weighted by Crippen LogP contribution is 2.23. The molecule has 1 heterocycles. The lowest BCUT2D eigenvalue weighted by molar-refractivity contribution is -0.122. The van der Waals surface area contributed by atoms with Gasteiger partial charge in [0.05, 0.1) is 25.3 Å². The van der Waals surface area contributed by atoms with Crippen LogP contribution in [0.25, 0.3) is 0 Å². The molecule has 1 aromatic carbocycles. The monoisotopic (exact) mass is 311 g/mol. The molecule has 2 rings (SSSR count). The van der Waals surface area contributed by atoms with Gasteiger partial charge in [0, 0.05) is 24.7 Å². The lowest BCUT2D eigenvalue weighted by Crippen LogP contribution is -2.46. The summed E-state index contributed by atoms with van der Waals surface area (Å²) in [6.45, 7) is 5.34. The van der Waals surface area contributed by atoms with Gasteiger partial charge in [-0.15, -0.1) is 0 Å². The number of nitrogens with zero attached hydrogens (tertiary/aromatic N) is 1. The number of amides is 1. The fraction of sp³-hybridized carbons (Fsp3) is 0.533. The molecule has 2 unspecified atom stereocenters. The van der Waals surface area contributed by atoms with Gasteiger partial charge in [-0.3, -0.25) is 9.69 Å². The normalized spacial score (nSPS) is 19.0. The van der Waals surface area contributed by atoms with Crippen molar-refractivity contribution in [2.75, 3.05) is 32.8 Å². The van der Waals surface area contributed by atoms with Crippen LogP contribution in [0, 0.1) is 0 Å². The van der Waals surface area contributed by atoms with Crippen LogP contribution < -0.4 is 11.1 Å². The first-order chi connectivity index (χ1) is 10.1. The summed E-state index contributed by atoms with van der Waals surface area (Å²) in [6.07, 6.45) is 0. The fourth-order valence-electron chi connectivity index (χ4n) is 2.39. The van der Waals surface area contributed by atoms with Crippen LogP contribution in [0.2, 0.25) is 5.02 Å². The molecule has 0 saturated carbocycles. The molecule has 1 aromatic rings. The van der Waals surface area contributed by atoms with Gasteiger partial charge in [-0.1, -0.05) is 23.7 Å². The zero-order valence-corrected chi connectivity index (χ0v) is 13.0. The molecule has 116 valence electrons. The molecule has 0 bridgehead atoms.